The van der Waals surface area contributed by atoms with Crippen LogP contribution in [0.15, 0.2) is 47.7 Å². The minimum absolute atomic E-state index is 0.573. The molecule has 1 fully saturated rings. The molecule has 0 bridgehead atoms. The van der Waals surface area contributed by atoms with Gasteiger partial charge in [0.1, 0.15) is 0 Å². The SMILES string of the molecule is CCNC(=NCc1ccccc1Cn1cccn1)NCC(C)CN1CCN(CC)CC1. The Labute approximate surface area is 187 Å². The Morgan fingerprint density at radius 2 is 1.77 bits per heavy atom. The molecular formula is C24H39N7. The third kappa shape index (κ3) is 7.67. The van der Waals surface area contributed by atoms with Crippen LogP contribution in [-0.4, -0.2) is 77.9 Å². The number of hydrogen-bond donors (Lipinski definition) is 2. The molecule has 0 spiro atoms. The Morgan fingerprint density at radius 1 is 1.03 bits per heavy atom. The maximum Gasteiger partial charge on any atom is 0.191 e. The summed E-state index contributed by atoms with van der Waals surface area (Å²) in [6.45, 7) is 16.9. The highest BCUT2D eigenvalue weighted by atomic mass is 15.3. The van der Waals surface area contributed by atoms with Crippen LogP contribution in [0.3, 0.4) is 0 Å². The number of likely N-dealkylation sites (N-methyl/N-ethyl adjacent to an activating group) is 1. The first-order valence-electron chi connectivity index (χ1n) is 11.7. The summed E-state index contributed by atoms with van der Waals surface area (Å²) in [4.78, 5) is 9.98. The third-order valence-electron chi connectivity index (χ3n) is 5.86. The summed E-state index contributed by atoms with van der Waals surface area (Å²) >= 11 is 0. The van der Waals surface area contributed by atoms with Crippen molar-refractivity contribution in [1.82, 2.24) is 30.2 Å². The van der Waals surface area contributed by atoms with E-state index in [0.717, 1.165) is 32.1 Å². The topological polar surface area (TPSA) is 60.7 Å². The largest absolute Gasteiger partial charge is 0.357 e. The molecule has 1 saturated heterocycles. The molecule has 31 heavy (non-hydrogen) atoms. The van der Waals surface area contributed by atoms with Crippen molar-refractivity contribution in [2.45, 2.75) is 33.9 Å². The van der Waals surface area contributed by atoms with Crippen molar-refractivity contribution in [1.29, 1.82) is 0 Å². The smallest absolute Gasteiger partial charge is 0.191 e. The fraction of sp³-hybridized carbons (Fsp3) is 0.583. The highest BCUT2D eigenvalue weighted by molar-refractivity contribution is 5.79. The first kappa shape index (κ1) is 23.3. The van der Waals surface area contributed by atoms with Gasteiger partial charge in [-0.25, -0.2) is 4.99 Å². The lowest BCUT2D eigenvalue weighted by molar-refractivity contribution is 0.124. The zero-order valence-corrected chi connectivity index (χ0v) is 19.4. The van der Waals surface area contributed by atoms with Gasteiger partial charge in [0.05, 0.1) is 13.1 Å². The number of guanidine groups is 1. The molecule has 3 rings (SSSR count). The highest BCUT2D eigenvalue weighted by Gasteiger charge is 2.17. The van der Waals surface area contributed by atoms with Crippen LogP contribution < -0.4 is 10.6 Å². The number of rotatable bonds is 10. The van der Waals surface area contributed by atoms with Crippen molar-refractivity contribution < 1.29 is 0 Å². The molecule has 1 aliphatic rings. The lowest BCUT2D eigenvalue weighted by Gasteiger charge is -2.35. The van der Waals surface area contributed by atoms with Crippen LogP contribution in [0.1, 0.15) is 31.9 Å². The second kappa shape index (κ2) is 12.5. The van der Waals surface area contributed by atoms with Crippen molar-refractivity contribution in [2.75, 3.05) is 52.4 Å². The van der Waals surface area contributed by atoms with E-state index in [1.165, 1.54) is 43.9 Å². The molecule has 2 N–H and O–H groups in total. The number of nitrogens with one attached hydrogen (secondary N) is 2. The van der Waals surface area contributed by atoms with Gasteiger partial charge in [-0.3, -0.25) is 4.68 Å². The average molecular weight is 426 g/mol. The molecular weight excluding hydrogens is 386 g/mol. The van der Waals surface area contributed by atoms with E-state index in [4.69, 9.17) is 4.99 Å². The second-order valence-electron chi connectivity index (χ2n) is 8.39. The molecule has 0 aliphatic carbocycles. The van der Waals surface area contributed by atoms with E-state index in [1.807, 2.05) is 23.1 Å². The van der Waals surface area contributed by atoms with Gasteiger partial charge in [-0.05, 0) is 36.6 Å². The Morgan fingerprint density at radius 3 is 2.45 bits per heavy atom. The van der Waals surface area contributed by atoms with Gasteiger partial charge in [-0.1, -0.05) is 38.1 Å². The van der Waals surface area contributed by atoms with Crippen LogP contribution in [-0.2, 0) is 13.1 Å². The lowest BCUT2D eigenvalue weighted by Crippen LogP contribution is -2.48. The van der Waals surface area contributed by atoms with Gasteiger partial charge >= 0.3 is 0 Å². The molecule has 1 aliphatic heterocycles. The summed E-state index contributed by atoms with van der Waals surface area (Å²) in [5.41, 5.74) is 2.49. The predicted octanol–water partition coefficient (Wildman–Crippen LogP) is 2.26. The number of hydrogen-bond acceptors (Lipinski definition) is 4. The molecule has 0 saturated carbocycles. The molecule has 0 radical (unpaired) electrons. The van der Waals surface area contributed by atoms with E-state index < -0.39 is 0 Å². The number of nitrogens with zero attached hydrogens (tertiary/aromatic N) is 5. The quantitative estimate of drug-likeness (QED) is 0.452. The van der Waals surface area contributed by atoms with Gasteiger partial charge in [-0.2, -0.15) is 5.10 Å². The normalized spacial score (nSPS) is 16.9. The predicted molar refractivity (Wildman–Crippen MR) is 128 cm³/mol. The second-order valence-corrected chi connectivity index (χ2v) is 8.39. The maximum absolute atomic E-state index is 4.86. The van der Waals surface area contributed by atoms with Gasteiger partial charge in [0, 0.05) is 58.2 Å². The van der Waals surface area contributed by atoms with Gasteiger partial charge in [0.15, 0.2) is 5.96 Å². The summed E-state index contributed by atoms with van der Waals surface area (Å²) in [5, 5.41) is 11.3. The van der Waals surface area contributed by atoms with Crippen molar-refractivity contribution in [3.63, 3.8) is 0 Å². The molecule has 1 atom stereocenters. The Hall–Kier alpha value is -2.38. The number of piperazine rings is 1. The van der Waals surface area contributed by atoms with E-state index in [0.29, 0.717) is 12.5 Å². The molecule has 1 aromatic heterocycles. The fourth-order valence-corrected chi connectivity index (χ4v) is 4.00. The minimum atomic E-state index is 0.573. The Bertz CT molecular complexity index is 779. The molecule has 170 valence electrons. The van der Waals surface area contributed by atoms with E-state index in [-0.39, 0.29) is 0 Å². The maximum atomic E-state index is 4.86. The molecule has 2 aromatic rings. The van der Waals surface area contributed by atoms with Crippen molar-refractivity contribution >= 4 is 5.96 Å². The van der Waals surface area contributed by atoms with Crippen molar-refractivity contribution in [3.05, 3.63) is 53.9 Å². The summed E-state index contributed by atoms with van der Waals surface area (Å²) in [6, 6.07) is 10.4. The van der Waals surface area contributed by atoms with Crippen LogP contribution in [0, 0.1) is 5.92 Å². The van der Waals surface area contributed by atoms with E-state index >= 15 is 0 Å². The number of aliphatic imine (C=N–C) groups is 1. The zero-order valence-electron chi connectivity index (χ0n) is 19.4. The van der Waals surface area contributed by atoms with Crippen LogP contribution in [0.4, 0.5) is 0 Å². The third-order valence-corrected chi connectivity index (χ3v) is 5.86. The molecule has 2 heterocycles. The van der Waals surface area contributed by atoms with Gasteiger partial charge in [0.2, 0.25) is 0 Å². The van der Waals surface area contributed by atoms with Crippen LogP contribution >= 0.6 is 0 Å². The highest BCUT2D eigenvalue weighted by Crippen LogP contribution is 2.12. The van der Waals surface area contributed by atoms with E-state index in [1.54, 1.807) is 0 Å². The van der Waals surface area contributed by atoms with E-state index in [2.05, 4.69) is 70.6 Å². The van der Waals surface area contributed by atoms with Crippen molar-refractivity contribution in [3.8, 4) is 0 Å². The Balaban J connectivity index is 1.51. The average Bonchev–Trinajstić information content (AvgIpc) is 3.30. The number of aromatic nitrogens is 2. The minimum Gasteiger partial charge on any atom is -0.357 e. The van der Waals surface area contributed by atoms with Crippen LogP contribution in [0.2, 0.25) is 0 Å². The fourth-order valence-electron chi connectivity index (χ4n) is 4.00. The standard InChI is InChI=1S/C24H39N7/c1-4-25-24(26-17-21(3)19-30-15-13-29(5-2)14-16-30)27-18-22-9-6-7-10-23(22)20-31-12-8-11-28-31/h6-12,21H,4-5,13-20H2,1-3H3,(H2,25,26,27). The Kier molecular flexibility index (Phi) is 9.37. The first-order valence-corrected chi connectivity index (χ1v) is 11.7. The van der Waals surface area contributed by atoms with Crippen molar-refractivity contribution in [2.24, 2.45) is 10.9 Å². The first-order chi connectivity index (χ1) is 15.2. The number of benzene rings is 1. The molecule has 0 amide bonds. The van der Waals surface area contributed by atoms with E-state index in [9.17, 15) is 0 Å². The molecule has 7 nitrogen and oxygen atoms in total. The summed E-state index contributed by atoms with van der Waals surface area (Å²) in [5.74, 6) is 1.46. The molecule has 1 unspecified atom stereocenters. The van der Waals surface area contributed by atoms with Crippen LogP contribution in [0.25, 0.3) is 0 Å². The zero-order chi connectivity index (χ0) is 21.9. The molecule has 7 heteroatoms. The summed E-state index contributed by atoms with van der Waals surface area (Å²) in [6.07, 6.45) is 3.81. The summed E-state index contributed by atoms with van der Waals surface area (Å²) < 4.78 is 1.95. The monoisotopic (exact) mass is 425 g/mol. The van der Waals surface area contributed by atoms with Gasteiger partial charge in [0.25, 0.3) is 0 Å². The lowest BCUT2D eigenvalue weighted by atomic mass is 10.1. The molecule has 1 aromatic carbocycles. The van der Waals surface area contributed by atoms with Gasteiger partial charge in [-0.15, -0.1) is 0 Å². The summed E-state index contributed by atoms with van der Waals surface area (Å²) in [7, 11) is 0. The van der Waals surface area contributed by atoms with Gasteiger partial charge < -0.3 is 20.4 Å². The van der Waals surface area contributed by atoms with Crippen LogP contribution in [0.5, 0.6) is 0 Å².